The lowest BCUT2D eigenvalue weighted by molar-refractivity contribution is -0.115. The van der Waals surface area contributed by atoms with Gasteiger partial charge in [0, 0.05) is 10.6 Å². The van der Waals surface area contributed by atoms with E-state index in [0.717, 1.165) is 11.1 Å². The Morgan fingerprint density at radius 2 is 1.88 bits per heavy atom. The molecule has 33 heavy (non-hydrogen) atoms. The topological polar surface area (TPSA) is 71.3 Å². The monoisotopic (exact) mass is 477 g/mol. The predicted molar refractivity (Wildman–Crippen MR) is 134 cm³/mol. The van der Waals surface area contributed by atoms with E-state index in [4.69, 9.17) is 16.3 Å². The molecule has 6 nitrogen and oxygen atoms in total. The highest BCUT2D eigenvalue weighted by Gasteiger charge is 2.30. The highest BCUT2D eigenvalue weighted by Crippen LogP contribution is 2.28. The van der Waals surface area contributed by atoms with Gasteiger partial charge < -0.3 is 4.74 Å². The summed E-state index contributed by atoms with van der Waals surface area (Å²) < 4.78 is 5.65. The number of hydrogen-bond donors (Lipinski definition) is 0. The number of carbonyl (C=O) groups excluding carboxylic acids is 2. The number of halogens is 1. The molecule has 0 unspecified atom stereocenters. The van der Waals surface area contributed by atoms with Gasteiger partial charge in [-0.25, -0.2) is 4.79 Å². The number of amidine groups is 1. The van der Waals surface area contributed by atoms with Crippen LogP contribution in [0.1, 0.15) is 27.0 Å². The minimum atomic E-state index is -0.438. The molecule has 0 aromatic heterocycles. The van der Waals surface area contributed by atoms with Crippen molar-refractivity contribution in [1.29, 1.82) is 0 Å². The van der Waals surface area contributed by atoms with Gasteiger partial charge in [0.1, 0.15) is 5.75 Å². The van der Waals surface area contributed by atoms with Crippen LogP contribution in [0.5, 0.6) is 5.75 Å². The lowest BCUT2D eigenvalue weighted by Gasteiger charge is -2.15. The fourth-order valence-electron chi connectivity index (χ4n) is 3.25. The number of para-hydroxylation sites is 1. The summed E-state index contributed by atoms with van der Waals surface area (Å²) in [6.45, 7) is 3.84. The van der Waals surface area contributed by atoms with Crippen molar-refractivity contribution in [1.82, 2.24) is 0 Å². The Labute approximate surface area is 200 Å². The lowest BCUT2D eigenvalue weighted by atomic mass is 10.0. The third-order valence-corrected chi connectivity index (χ3v) is 6.27. The third-order valence-electron chi connectivity index (χ3n) is 5.12. The first-order valence-electron chi connectivity index (χ1n) is 10.1. The van der Waals surface area contributed by atoms with E-state index in [1.807, 2.05) is 32.0 Å². The van der Waals surface area contributed by atoms with Crippen LogP contribution in [-0.4, -0.2) is 29.0 Å². The van der Waals surface area contributed by atoms with Crippen molar-refractivity contribution in [2.75, 3.05) is 10.7 Å². The molecule has 1 aliphatic rings. The van der Waals surface area contributed by atoms with E-state index >= 15 is 0 Å². The second-order valence-electron chi connectivity index (χ2n) is 7.30. The van der Waals surface area contributed by atoms with Gasteiger partial charge in [0.2, 0.25) is 5.91 Å². The van der Waals surface area contributed by atoms with Crippen molar-refractivity contribution in [2.45, 2.75) is 13.8 Å². The van der Waals surface area contributed by atoms with E-state index in [1.54, 1.807) is 48.5 Å². The molecule has 1 aliphatic heterocycles. The van der Waals surface area contributed by atoms with Gasteiger partial charge in [-0.2, -0.15) is 5.10 Å². The molecule has 8 heteroatoms. The normalized spacial score (nSPS) is 14.9. The van der Waals surface area contributed by atoms with E-state index in [2.05, 4.69) is 10.2 Å². The zero-order chi connectivity index (χ0) is 23.4. The number of esters is 1. The maximum absolute atomic E-state index is 12.7. The Bertz CT molecular complexity index is 1290. The number of anilines is 1. The number of benzene rings is 3. The summed E-state index contributed by atoms with van der Waals surface area (Å²) in [5.41, 5.74) is 3.63. The van der Waals surface area contributed by atoms with Crippen LogP contribution in [0.2, 0.25) is 5.02 Å². The van der Waals surface area contributed by atoms with Crippen LogP contribution in [-0.2, 0) is 4.79 Å². The van der Waals surface area contributed by atoms with E-state index in [-0.39, 0.29) is 11.7 Å². The molecule has 0 aliphatic carbocycles. The van der Waals surface area contributed by atoms with Crippen LogP contribution < -0.4 is 9.64 Å². The Morgan fingerprint density at radius 3 is 2.70 bits per heavy atom. The zero-order valence-corrected chi connectivity index (χ0v) is 19.6. The molecule has 1 heterocycles. The van der Waals surface area contributed by atoms with E-state index in [9.17, 15) is 9.59 Å². The van der Waals surface area contributed by atoms with Crippen molar-refractivity contribution in [3.63, 3.8) is 0 Å². The van der Waals surface area contributed by atoms with Gasteiger partial charge in [0.25, 0.3) is 0 Å². The highest BCUT2D eigenvalue weighted by molar-refractivity contribution is 8.15. The average molecular weight is 478 g/mol. The highest BCUT2D eigenvalue weighted by atomic mass is 35.5. The molecule has 0 N–H and O–H groups in total. The van der Waals surface area contributed by atoms with Gasteiger partial charge in [-0.1, -0.05) is 53.7 Å². The second-order valence-corrected chi connectivity index (χ2v) is 8.68. The molecular weight excluding hydrogens is 458 g/mol. The second kappa shape index (κ2) is 10.0. The molecule has 1 fully saturated rings. The van der Waals surface area contributed by atoms with Crippen LogP contribution in [0.4, 0.5) is 5.69 Å². The Morgan fingerprint density at radius 1 is 1.09 bits per heavy atom. The Hall–Kier alpha value is -3.42. The molecule has 4 rings (SSSR count). The van der Waals surface area contributed by atoms with E-state index in [0.29, 0.717) is 32.8 Å². The average Bonchev–Trinajstić information content (AvgIpc) is 3.17. The molecular formula is C25H20ClN3O3S. The molecule has 0 radical (unpaired) electrons. The SMILES string of the molecule is Cc1cccc(C(=O)Oc2ccccc2/C=N\N=C2\SCC(=O)N2c2cccc(Cl)c2)c1C. The summed E-state index contributed by atoms with van der Waals surface area (Å²) in [4.78, 5) is 26.6. The predicted octanol–water partition coefficient (Wildman–Crippen LogP) is 5.65. The van der Waals surface area contributed by atoms with Gasteiger partial charge >= 0.3 is 5.97 Å². The van der Waals surface area contributed by atoms with Crippen LogP contribution in [0.15, 0.2) is 76.9 Å². The van der Waals surface area contributed by atoms with Gasteiger partial charge in [-0.05, 0) is 61.4 Å². The van der Waals surface area contributed by atoms with Gasteiger partial charge in [-0.15, -0.1) is 5.10 Å². The first-order chi connectivity index (χ1) is 15.9. The van der Waals surface area contributed by atoms with Crippen LogP contribution in [0.3, 0.4) is 0 Å². The van der Waals surface area contributed by atoms with E-state index < -0.39 is 5.97 Å². The van der Waals surface area contributed by atoms with E-state index in [1.165, 1.54) is 22.9 Å². The number of amides is 1. The van der Waals surface area contributed by atoms with Crippen molar-refractivity contribution < 1.29 is 14.3 Å². The number of rotatable bonds is 5. The standard InChI is InChI=1S/C25H20ClN3O3S/c1-16-7-5-11-21(17(16)2)24(31)32-22-12-4-3-8-18(22)14-27-28-25-29(23(30)15-33-25)20-10-6-9-19(26)13-20/h3-14H,15H2,1-2H3/b27-14-,28-25+. The zero-order valence-electron chi connectivity index (χ0n) is 18.0. The number of ether oxygens (including phenoxy) is 1. The smallest absolute Gasteiger partial charge is 0.343 e. The maximum Gasteiger partial charge on any atom is 0.343 e. The minimum absolute atomic E-state index is 0.0981. The first-order valence-corrected chi connectivity index (χ1v) is 11.5. The van der Waals surface area contributed by atoms with Crippen molar-refractivity contribution >= 4 is 52.3 Å². The number of carbonyl (C=O) groups is 2. The first kappa shape index (κ1) is 22.8. The van der Waals surface area contributed by atoms with Crippen molar-refractivity contribution in [2.24, 2.45) is 10.2 Å². The van der Waals surface area contributed by atoms with Crippen LogP contribution >= 0.6 is 23.4 Å². The molecule has 1 saturated heterocycles. The number of hydrogen-bond acceptors (Lipinski definition) is 6. The Kier molecular flexibility index (Phi) is 6.91. The number of thioether (sulfide) groups is 1. The fourth-order valence-corrected chi connectivity index (χ4v) is 4.26. The quantitative estimate of drug-likeness (QED) is 0.206. The fraction of sp³-hybridized carbons (Fsp3) is 0.120. The molecule has 0 bridgehead atoms. The summed E-state index contributed by atoms with van der Waals surface area (Å²) in [5.74, 6) is 0.103. The number of aryl methyl sites for hydroxylation is 1. The molecule has 166 valence electrons. The van der Waals surface area contributed by atoms with Crippen LogP contribution in [0, 0.1) is 13.8 Å². The Balaban J connectivity index is 1.56. The number of nitrogens with zero attached hydrogens (tertiary/aromatic N) is 3. The maximum atomic E-state index is 12.7. The minimum Gasteiger partial charge on any atom is -0.422 e. The summed E-state index contributed by atoms with van der Waals surface area (Å²) in [5, 5.41) is 9.36. The molecule has 0 saturated carbocycles. The molecule has 0 atom stereocenters. The van der Waals surface area contributed by atoms with Gasteiger partial charge in [-0.3, -0.25) is 9.69 Å². The van der Waals surface area contributed by atoms with Crippen molar-refractivity contribution in [3.05, 3.63) is 94.0 Å². The summed E-state index contributed by atoms with van der Waals surface area (Å²) in [7, 11) is 0. The lowest BCUT2D eigenvalue weighted by Crippen LogP contribution is -2.29. The molecule has 3 aromatic carbocycles. The molecule has 1 amide bonds. The summed E-state index contributed by atoms with van der Waals surface area (Å²) in [6.07, 6.45) is 1.50. The van der Waals surface area contributed by atoms with Gasteiger partial charge in [0.15, 0.2) is 5.17 Å². The molecule has 3 aromatic rings. The molecule has 0 spiro atoms. The van der Waals surface area contributed by atoms with Gasteiger partial charge in [0.05, 0.1) is 23.2 Å². The summed E-state index contributed by atoms with van der Waals surface area (Å²) in [6, 6.07) is 19.6. The third kappa shape index (κ3) is 5.16. The largest absolute Gasteiger partial charge is 0.422 e. The summed E-state index contributed by atoms with van der Waals surface area (Å²) >= 11 is 7.36. The van der Waals surface area contributed by atoms with Crippen molar-refractivity contribution in [3.8, 4) is 5.75 Å². The van der Waals surface area contributed by atoms with Crippen LogP contribution in [0.25, 0.3) is 0 Å².